The van der Waals surface area contributed by atoms with Crippen molar-refractivity contribution in [3.8, 4) is 17.1 Å². The third-order valence-corrected chi connectivity index (χ3v) is 8.32. The highest BCUT2D eigenvalue weighted by Crippen LogP contribution is 2.36. The van der Waals surface area contributed by atoms with Gasteiger partial charge in [0.2, 0.25) is 16.3 Å². The van der Waals surface area contributed by atoms with Crippen LogP contribution in [0, 0.1) is 0 Å². The second kappa shape index (κ2) is 11.3. The van der Waals surface area contributed by atoms with E-state index < -0.39 is 6.10 Å². The van der Waals surface area contributed by atoms with E-state index in [0.29, 0.717) is 39.8 Å². The number of benzene rings is 2. The van der Waals surface area contributed by atoms with Crippen LogP contribution in [0.2, 0.25) is 0 Å². The van der Waals surface area contributed by atoms with E-state index in [4.69, 9.17) is 9.15 Å². The number of para-hydroxylation sites is 1. The van der Waals surface area contributed by atoms with E-state index in [0.717, 1.165) is 23.4 Å². The molecule has 204 valence electrons. The van der Waals surface area contributed by atoms with Gasteiger partial charge in [-0.2, -0.15) is 0 Å². The molecule has 1 amide bonds. The fourth-order valence-electron chi connectivity index (χ4n) is 4.99. The summed E-state index contributed by atoms with van der Waals surface area (Å²) in [5.41, 5.74) is 2.00. The maximum absolute atomic E-state index is 13.6. The third-order valence-electron chi connectivity index (χ3n) is 7.32. The summed E-state index contributed by atoms with van der Waals surface area (Å²) in [5.74, 6) is 0.375. The Balaban J connectivity index is 1.44. The molecule has 0 spiro atoms. The van der Waals surface area contributed by atoms with Gasteiger partial charge in [-0.1, -0.05) is 94.7 Å². The van der Waals surface area contributed by atoms with Gasteiger partial charge in [-0.25, -0.2) is 0 Å². The summed E-state index contributed by atoms with van der Waals surface area (Å²) in [6, 6.07) is 15.0. The molecule has 1 N–H and O–H groups in total. The maximum atomic E-state index is 13.6. The van der Waals surface area contributed by atoms with E-state index in [1.54, 1.807) is 18.2 Å². The number of fused-ring (bicyclic) bond motifs is 1. The van der Waals surface area contributed by atoms with Crippen LogP contribution in [-0.4, -0.2) is 22.2 Å². The van der Waals surface area contributed by atoms with E-state index in [1.807, 2.05) is 37.3 Å². The summed E-state index contributed by atoms with van der Waals surface area (Å²) in [5, 5.41) is 13.2. The molecule has 4 aromatic rings. The Kier molecular flexibility index (Phi) is 7.84. The Bertz CT molecular complexity index is 1510. The van der Waals surface area contributed by atoms with Crippen LogP contribution in [0.4, 0.5) is 5.13 Å². The quantitative estimate of drug-likeness (QED) is 0.259. The zero-order valence-electron chi connectivity index (χ0n) is 23.0. The lowest BCUT2D eigenvalue weighted by Gasteiger charge is -2.20. The third kappa shape index (κ3) is 5.91. The molecule has 2 aromatic heterocycles. The number of amides is 1. The fourth-order valence-corrected chi connectivity index (χ4v) is 5.91. The largest absolute Gasteiger partial charge is 0.473 e. The van der Waals surface area contributed by atoms with Gasteiger partial charge in [0.25, 0.3) is 5.91 Å². The predicted octanol–water partition coefficient (Wildman–Crippen LogP) is 7.45. The molecule has 0 saturated heterocycles. The number of carbonyl (C=O) groups excluding carboxylic acids is 1. The summed E-state index contributed by atoms with van der Waals surface area (Å²) < 4.78 is 12.4. The summed E-state index contributed by atoms with van der Waals surface area (Å²) in [6.07, 6.45) is 5.33. The predicted molar refractivity (Wildman–Crippen MR) is 156 cm³/mol. The first-order chi connectivity index (χ1) is 18.7. The summed E-state index contributed by atoms with van der Waals surface area (Å²) in [4.78, 5) is 26.9. The van der Waals surface area contributed by atoms with Crippen molar-refractivity contribution < 1.29 is 13.9 Å². The van der Waals surface area contributed by atoms with Gasteiger partial charge >= 0.3 is 0 Å². The molecule has 1 aliphatic rings. The van der Waals surface area contributed by atoms with Crippen LogP contribution in [-0.2, 0) is 10.2 Å². The highest BCUT2D eigenvalue weighted by Gasteiger charge is 2.27. The number of rotatable bonds is 7. The standard InChI is InChI=1S/C31H35N3O4S/c1-5-23(28(36)32-30-34-33-29(39-30)20-11-7-6-8-12-20)37-27-25(35)22-13-9-10-14-24(22)38-26(27)19-15-17-21(18-16-19)31(2,3)4/h9-10,13-18,20,23H,5-8,11-12H2,1-4H3,(H,32,34,36). The highest BCUT2D eigenvalue weighted by molar-refractivity contribution is 7.15. The van der Waals surface area contributed by atoms with Crippen LogP contribution in [0.25, 0.3) is 22.3 Å². The molecule has 2 heterocycles. The van der Waals surface area contributed by atoms with E-state index in [9.17, 15) is 9.59 Å². The SMILES string of the molecule is CCC(Oc1c(-c2ccc(C(C)(C)C)cc2)oc2ccccc2c1=O)C(=O)Nc1nnc(C2CCCCC2)s1. The molecule has 1 atom stereocenters. The monoisotopic (exact) mass is 545 g/mol. The van der Waals surface area contributed by atoms with E-state index >= 15 is 0 Å². The first kappa shape index (κ1) is 27.1. The molecular formula is C31H35N3O4S. The maximum Gasteiger partial charge on any atom is 0.267 e. The van der Waals surface area contributed by atoms with Gasteiger partial charge in [0.05, 0.1) is 5.39 Å². The number of anilines is 1. The summed E-state index contributed by atoms with van der Waals surface area (Å²) in [6.45, 7) is 8.28. The average molecular weight is 546 g/mol. The minimum atomic E-state index is -0.913. The van der Waals surface area contributed by atoms with Crippen molar-refractivity contribution in [3.05, 3.63) is 69.3 Å². The van der Waals surface area contributed by atoms with Crippen molar-refractivity contribution in [3.63, 3.8) is 0 Å². The molecule has 2 aromatic carbocycles. The van der Waals surface area contributed by atoms with Crippen LogP contribution in [0.5, 0.6) is 5.75 Å². The van der Waals surface area contributed by atoms with E-state index in [2.05, 4.69) is 36.3 Å². The Morgan fingerprint density at radius 1 is 1.08 bits per heavy atom. The van der Waals surface area contributed by atoms with Gasteiger partial charge in [0.15, 0.2) is 11.9 Å². The molecule has 5 rings (SSSR count). The van der Waals surface area contributed by atoms with Crippen LogP contribution in [0.15, 0.2) is 57.7 Å². The minimum absolute atomic E-state index is 0.0188. The van der Waals surface area contributed by atoms with Crippen LogP contribution in [0.1, 0.15) is 82.7 Å². The van der Waals surface area contributed by atoms with Crippen LogP contribution < -0.4 is 15.5 Å². The molecule has 1 saturated carbocycles. The molecule has 0 aliphatic heterocycles. The average Bonchev–Trinajstić information content (AvgIpc) is 3.41. The Labute approximate surface area is 232 Å². The number of aromatic nitrogens is 2. The molecule has 0 radical (unpaired) electrons. The Morgan fingerprint density at radius 2 is 1.79 bits per heavy atom. The molecule has 7 nitrogen and oxygen atoms in total. The smallest absolute Gasteiger partial charge is 0.267 e. The Morgan fingerprint density at radius 3 is 2.49 bits per heavy atom. The van der Waals surface area contributed by atoms with Crippen molar-refractivity contribution in [1.82, 2.24) is 10.2 Å². The lowest BCUT2D eigenvalue weighted by molar-refractivity contribution is -0.122. The number of nitrogens with zero attached hydrogens (tertiary/aromatic N) is 2. The normalized spacial score (nSPS) is 15.3. The Hall–Kier alpha value is -3.52. The number of ether oxygens (including phenoxy) is 1. The second-order valence-corrected chi connectivity index (χ2v) is 12.2. The lowest BCUT2D eigenvalue weighted by Crippen LogP contribution is -2.34. The number of hydrogen-bond donors (Lipinski definition) is 1. The molecular weight excluding hydrogens is 510 g/mol. The second-order valence-electron chi connectivity index (χ2n) is 11.2. The zero-order chi connectivity index (χ0) is 27.6. The van der Waals surface area contributed by atoms with E-state index in [1.165, 1.54) is 30.6 Å². The molecule has 1 fully saturated rings. The molecule has 1 aliphatic carbocycles. The van der Waals surface area contributed by atoms with Crippen molar-refractivity contribution in [2.24, 2.45) is 0 Å². The minimum Gasteiger partial charge on any atom is -0.473 e. The topological polar surface area (TPSA) is 94.3 Å². The fraction of sp³-hybridized carbons (Fsp3) is 0.419. The number of nitrogens with one attached hydrogen (secondary N) is 1. The van der Waals surface area contributed by atoms with Crippen molar-refractivity contribution in [2.45, 2.75) is 83.7 Å². The number of carbonyl (C=O) groups is 1. The highest BCUT2D eigenvalue weighted by atomic mass is 32.1. The first-order valence-electron chi connectivity index (χ1n) is 13.7. The zero-order valence-corrected chi connectivity index (χ0v) is 23.8. The van der Waals surface area contributed by atoms with Gasteiger partial charge < -0.3 is 9.15 Å². The summed E-state index contributed by atoms with van der Waals surface area (Å²) in [7, 11) is 0. The van der Waals surface area contributed by atoms with Gasteiger partial charge in [0, 0.05) is 11.5 Å². The molecule has 39 heavy (non-hydrogen) atoms. The van der Waals surface area contributed by atoms with Crippen molar-refractivity contribution in [1.29, 1.82) is 0 Å². The van der Waals surface area contributed by atoms with E-state index in [-0.39, 0.29) is 22.5 Å². The van der Waals surface area contributed by atoms with Crippen LogP contribution >= 0.6 is 11.3 Å². The van der Waals surface area contributed by atoms with Crippen LogP contribution in [0.3, 0.4) is 0 Å². The molecule has 8 heteroatoms. The van der Waals surface area contributed by atoms with Crippen molar-refractivity contribution in [2.75, 3.05) is 5.32 Å². The first-order valence-corrected chi connectivity index (χ1v) is 14.5. The number of hydrogen-bond acceptors (Lipinski definition) is 7. The van der Waals surface area contributed by atoms with Gasteiger partial charge in [-0.3, -0.25) is 14.9 Å². The molecule has 1 unspecified atom stereocenters. The molecule has 0 bridgehead atoms. The lowest BCUT2D eigenvalue weighted by atomic mass is 9.86. The van der Waals surface area contributed by atoms with Gasteiger partial charge in [-0.15, -0.1) is 10.2 Å². The summed E-state index contributed by atoms with van der Waals surface area (Å²) >= 11 is 1.42. The van der Waals surface area contributed by atoms with Crippen molar-refractivity contribution >= 4 is 33.3 Å². The van der Waals surface area contributed by atoms with Gasteiger partial charge in [0.1, 0.15) is 10.6 Å². The van der Waals surface area contributed by atoms with Gasteiger partial charge in [-0.05, 0) is 42.4 Å².